The molecule has 6 heteroatoms. The van der Waals surface area contributed by atoms with Crippen molar-refractivity contribution >= 4 is 27.6 Å². The normalized spacial score (nSPS) is 12.4. The average molecular weight is 260 g/mol. The molecule has 1 aromatic heterocycles. The van der Waals surface area contributed by atoms with Crippen LogP contribution in [-0.2, 0) is 4.79 Å². The van der Waals surface area contributed by atoms with Crippen LogP contribution in [0.3, 0.4) is 0 Å². The van der Waals surface area contributed by atoms with Crippen LogP contribution in [-0.4, -0.2) is 26.6 Å². The third kappa shape index (κ3) is 2.66. The van der Waals surface area contributed by atoms with Crippen LogP contribution in [0.25, 0.3) is 0 Å². The van der Waals surface area contributed by atoms with Gasteiger partial charge >= 0.3 is 5.97 Å². The molecule has 1 aromatic rings. The summed E-state index contributed by atoms with van der Waals surface area (Å²) in [6.45, 7) is 1.82. The zero-order valence-corrected chi connectivity index (χ0v) is 9.15. The summed E-state index contributed by atoms with van der Waals surface area (Å²) in [5, 5.41) is 19.7. The zero-order valence-electron chi connectivity index (χ0n) is 7.57. The number of hydrogen-bond acceptors (Lipinski definition) is 3. The molecule has 1 heterocycles. The molecule has 1 rings (SSSR count). The molecule has 0 unspecified atom stereocenters. The first-order chi connectivity index (χ1) is 6.50. The van der Waals surface area contributed by atoms with Gasteiger partial charge in [0.15, 0.2) is 0 Å². The molecular weight excluding hydrogens is 250 g/mol. The molecule has 0 saturated carbocycles. The number of aliphatic carboxylic acids is 1. The summed E-state index contributed by atoms with van der Waals surface area (Å²) in [7, 11) is 0. The Morgan fingerprint density at radius 2 is 2.50 bits per heavy atom. The molecule has 0 spiro atoms. The van der Waals surface area contributed by atoms with Gasteiger partial charge in [-0.05, 0) is 22.9 Å². The van der Waals surface area contributed by atoms with E-state index in [4.69, 9.17) is 10.5 Å². The molecule has 0 radical (unpaired) electrons. The summed E-state index contributed by atoms with van der Waals surface area (Å²) >= 11 is 3.24. The van der Waals surface area contributed by atoms with Crippen molar-refractivity contribution in [2.24, 2.45) is 0 Å². The fourth-order valence-corrected chi connectivity index (χ4v) is 1.33. The molecule has 1 atom stereocenters. The van der Waals surface area contributed by atoms with Gasteiger partial charge in [0, 0.05) is 12.6 Å². The van der Waals surface area contributed by atoms with Crippen LogP contribution in [0.1, 0.15) is 19.4 Å². The van der Waals surface area contributed by atoms with Crippen LogP contribution in [0.15, 0.2) is 16.9 Å². The molecule has 14 heavy (non-hydrogen) atoms. The van der Waals surface area contributed by atoms with Crippen LogP contribution in [0.5, 0.6) is 0 Å². The van der Waals surface area contributed by atoms with Gasteiger partial charge in [0.1, 0.15) is 5.71 Å². The highest BCUT2D eigenvalue weighted by Crippen LogP contribution is 2.14. The first kappa shape index (κ1) is 10.9. The van der Waals surface area contributed by atoms with Crippen LogP contribution in [0.4, 0.5) is 0 Å². The number of hydrogen-bond donors (Lipinski definition) is 2. The first-order valence-corrected chi connectivity index (χ1v) is 4.80. The molecule has 2 N–H and O–H groups in total. The van der Waals surface area contributed by atoms with E-state index in [2.05, 4.69) is 21.0 Å². The van der Waals surface area contributed by atoms with E-state index in [1.165, 1.54) is 0 Å². The Morgan fingerprint density at radius 1 is 1.86 bits per heavy atom. The van der Waals surface area contributed by atoms with E-state index >= 15 is 0 Å². The van der Waals surface area contributed by atoms with E-state index in [1.54, 1.807) is 17.1 Å². The third-order valence-electron chi connectivity index (χ3n) is 1.78. The number of halogens is 1. The third-order valence-corrected chi connectivity index (χ3v) is 2.19. The lowest BCUT2D eigenvalue weighted by atomic mass is 10.1. The number of carbonyl (C=O) groups is 1. The Labute approximate surface area is 89.4 Å². The lowest BCUT2D eigenvalue weighted by Gasteiger charge is -2.10. The topological polar surface area (TPSA) is 79.0 Å². The molecule has 0 saturated heterocycles. The minimum Gasteiger partial charge on any atom is -0.477 e. The Hall–Kier alpha value is -1.17. The molecule has 0 aromatic carbocycles. The quantitative estimate of drug-likeness (QED) is 0.808. The van der Waals surface area contributed by atoms with Gasteiger partial charge in [-0.25, -0.2) is 4.79 Å². The van der Waals surface area contributed by atoms with Gasteiger partial charge in [0.05, 0.1) is 16.7 Å². The highest BCUT2D eigenvalue weighted by molar-refractivity contribution is 9.10. The van der Waals surface area contributed by atoms with Crippen LogP contribution < -0.4 is 0 Å². The summed E-state index contributed by atoms with van der Waals surface area (Å²) in [5.41, 5.74) is -0.302. The number of carboxylic acids is 1. The standard InChI is InChI=1S/C8H10BrN3O2/c1-5(2-7(10)8(13)14)12-4-6(9)3-11-12/h3-5,10H,2H2,1H3,(H,13,14)/t5-/m1/s1. The average Bonchev–Trinajstić information content (AvgIpc) is 2.51. The SMILES string of the molecule is C[C@H](CC(=N)C(=O)O)n1cc(Br)cn1. The largest absolute Gasteiger partial charge is 0.477 e. The predicted molar refractivity (Wildman–Crippen MR) is 54.6 cm³/mol. The Balaban J connectivity index is 2.63. The zero-order chi connectivity index (χ0) is 10.7. The van der Waals surface area contributed by atoms with E-state index in [0.717, 1.165) is 4.47 Å². The van der Waals surface area contributed by atoms with Crippen molar-refractivity contribution in [2.75, 3.05) is 0 Å². The van der Waals surface area contributed by atoms with E-state index < -0.39 is 5.97 Å². The van der Waals surface area contributed by atoms with E-state index in [9.17, 15) is 4.79 Å². The van der Waals surface area contributed by atoms with Gasteiger partial charge in [0.2, 0.25) is 0 Å². The van der Waals surface area contributed by atoms with Gasteiger partial charge in [-0.2, -0.15) is 5.10 Å². The number of aromatic nitrogens is 2. The van der Waals surface area contributed by atoms with Gasteiger partial charge in [-0.15, -0.1) is 0 Å². The maximum atomic E-state index is 10.4. The highest BCUT2D eigenvalue weighted by Gasteiger charge is 2.13. The fourth-order valence-electron chi connectivity index (χ4n) is 1.03. The highest BCUT2D eigenvalue weighted by atomic mass is 79.9. The fraction of sp³-hybridized carbons (Fsp3) is 0.375. The Kier molecular flexibility index (Phi) is 3.40. The number of rotatable bonds is 4. The predicted octanol–water partition coefficient (Wildman–Crippen LogP) is 1.70. The lowest BCUT2D eigenvalue weighted by Crippen LogP contribution is -2.17. The molecular formula is C8H10BrN3O2. The van der Waals surface area contributed by atoms with E-state index in [1.807, 2.05) is 6.92 Å². The maximum Gasteiger partial charge on any atom is 0.349 e. The second-order valence-electron chi connectivity index (χ2n) is 2.98. The molecule has 0 aliphatic heterocycles. The van der Waals surface area contributed by atoms with Gasteiger partial charge in [0.25, 0.3) is 0 Å². The van der Waals surface area contributed by atoms with Crippen molar-refractivity contribution < 1.29 is 9.90 Å². The molecule has 0 amide bonds. The number of carboxylic acid groups (broad SMARTS) is 1. The van der Waals surface area contributed by atoms with E-state index in [-0.39, 0.29) is 18.2 Å². The smallest absolute Gasteiger partial charge is 0.349 e. The molecule has 5 nitrogen and oxygen atoms in total. The molecule has 0 fully saturated rings. The Morgan fingerprint density at radius 3 is 2.93 bits per heavy atom. The minimum atomic E-state index is -1.18. The molecule has 76 valence electrons. The van der Waals surface area contributed by atoms with E-state index in [0.29, 0.717) is 0 Å². The monoisotopic (exact) mass is 259 g/mol. The second kappa shape index (κ2) is 4.36. The summed E-state index contributed by atoms with van der Waals surface area (Å²) < 4.78 is 2.47. The molecule has 0 aliphatic carbocycles. The summed E-state index contributed by atoms with van der Waals surface area (Å²) in [6, 6.07) is -0.120. The van der Waals surface area contributed by atoms with Gasteiger partial charge in [-0.3, -0.25) is 10.1 Å². The van der Waals surface area contributed by atoms with Crippen molar-refractivity contribution in [1.82, 2.24) is 9.78 Å². The lowest BCUT2D eigenvalue weighted by molar-refractivity contribution is -0.129. The summed E-state index contributed by atoms with van der Waals surface area (Å²) in [5.74, 6) is -1.18. The summed E-state index contributed by atoms with van der Waals surface area (Å²) in [6.07, 6.45) is 3.55. The van der Waals surface area contributed by atoms with Crippen LogP contribution in [0, 0.1) is 5.41 Å². The second-order valence-corrected chi connectivity index (χ2v) is 3.89. The maximum absolute atomic E-state index is 10.4. The number of nitrogens with zero attached hydrogens (tertiary/aromatic N) is 2. The molecule has 0 aliphatic rings. The van der Waals surface area contributed by atoms with Gasteiger partial charge < -0.3 is 5.11 Å². The van der Waals surface area contributed by atoms with Gasteiger partial charge in [-0.1, -0.05) is 0 Å². The Bertz CT molecular complexity index is 361. The molecule has 0 bridgehead atoms. The van der Waals surface area contributed by atoms with Crippen LogP contribution >= 0.6 is 15.9 Å². The van der Waals surface area contributed by atoms with Crippen molar-refractivity contribution in [2.45, 2.75) is 19.4 Å². The van der Waals surface area contributed by atoms with Crippen molar-refractivity contribution in [1.29, 1.82) is 5.41 Å². The van der Waals surface area contributed by atoms with Crippen LogP contribution in [0.2, 0.25) is 0 Å². The van der Waals surface area contributed by atoms with Crippen molar-refractivity contribution in [3.8, 4) is 0 Å². The minimum absolute atomic E-state index is 0.120. The number of nitrogens with one attached hydrogen (secondary N) is 1. The van der Waals surface area contributed by atoms with Crippen molar-refractivity contribution in [3.63, 3.8) is 0 Å². The summed E-state index contributed by atoms with van der Waals surface area (Å²) in [4.78, 5) is 10.4. The van der Waals surface area contributed by atoms with Crippen molar-refractivity contribution in [3.05, 3.63) is 16.9 Å². The first-order valence-electron chi connectivity index (χ1n) is 4.01.